The molecule has 59 heavy (non-hydrogen) atoms. The summed E-state index contributed by atoms with van der Waals surface area (Å²) in [6, 6.07) is 38.0. The predicted octanol–water partition coefficient (Wildman–Crippen LogP) is 13.9. The van der Waals surface area contributed by atoms with Crippen LogP contribution in [-0.4, -0.2) is 23.6 Å². The molecule has 0 amide bonds. The van der Waals surface area contributed by atoms with Crippen molar-refractivity contribution in [2.45, 2.75) is 20.4 Å². The van der Waals surface area contributed by atoms with Crippen molar-refractivity contribution in [2.75, 3.05) is 0 Å². The lowest BCUT2D eigenvalue weighted by Gasteiger charge is -2.13. The summed E-state index contributed by atoms with van der Waals surface area (Å²) in [5.41, 5.74) is 15.1. The highest BCUT2D eigenvalue weighted by molar-refractivity contribution is 6.13. The summed E-state index contributed by atoms with van der Waals surface area (Å²) in [7, 11) is 0. The lowest BCUT2D eigenvalue weighted by molar-refractivity contribution is 1.07. The minimum absolute atomic E-state index is 0.498. The Morgan fingerprint density at radius 3 is 2.15 bits per heavy atom. The molecule has 0 N–H and O–H groups in total. The molecule has 4 aromatic carbocycles. The molecule has 288 valence electrons. The molecule has 0 fully saturated rings. The number of pyridine rings is 1. The maximum absolute atomic E-state index is 5.26. The second kappa shape index (κ2) is 21.1. The van der Waals surface area contributed by atoms with Gasteiger partial charge in [-0.15, -0.1) is 0 Å². The molecule has 2 heterocycles. The molecule has 0 atom stereocenters. The van der Waals surface area contributed by atoms with E-state index in [0.29, 0.717) is 6.54 Å². The van der Waals surface area contributed by atoms with Crippen LogP contribution in [0.5, 0.6) is 0 Å². The van der Waals surface area contributed by atoms with E-state index in [1.165, 1.54) is 0 Å². The fourth-order valence-corrected chi connectivity index (χ4v) is 6.47. The van der Waals surface area contributed by atoms with Gasteiger partial charge in [-0.05, 0) is 125 Å². The standard InChI is InChI=1S/C55H48N4/c1-6-9-19-44(8-3)45-27-29-48(30-28-45)54(56-5)38-55(59-39-43-16-11-10-12-17-43)52-36-50(41(4)21-31-53-32-22-42(15-7-2)18-13-34-58-53)35-51(37-52)47-25-23-46(24-26-47)49-20-14-33-57-40-49/h6-38,40H,1-2,5,39H2,3-4H3/b18-13-,19-9-,32-22-,41-21+,42-15-,44-8+,53-31-,54-38-,58-34+,59-55?. The lowest BCUT2D eigenvalue weighted by Crippen LogP contribution is -2.02. The molecule has 0 saturated carbocycles. The number of allylic oxidation sites excluding steroid dienone is 16. The molecule has 0 unspecified atom stereocenters. The van der Waals surface area contributed by atoms with E-state index in [4.69, 9.17) is 4.99 Å². The van der Waals surface area contributed by atoms with Gasteiger partial charge in [-0.1, -0.05) is 153 Å². The zero-order valence-corrected chi connectivity index (χ0v) is 33.7. The van der Waals surface area contributed by atoms with Crippen LogP contribution in [0.1, 0.15) is 41.7 Å². The molecule has 0 bridgehead atoms. The van der Waals surface area contributed by atoms with Crippen molar-refractivity contribution in [3.05, 3.63) is 253 Å². The van der Waals surface area contributed by atoms with Crippen LogP contribution >= 0.6 is 0 Å². The van der Waals surface area contributed by atoms with Crippen LogP contribution in [0.25, 0.3) is 39.1 Å². The summed E-state index contributed by atoms with van der Waals surface area (Å²) in [5, 5.41) is 0. The van der Waals surface area contributed by atoms with Crippen molar-refractivity contribution in [2.24, 2.45) is 15.0 Å². The van der Waals surface area contributed by atoms with Crippen molar-refractivity contribution in [3.8, 4) is 22.3 Å². The third-order valence-corrected chi connectivity index (χ3v) is 9.71. The van der Waals surface area contributed by atoms with Crippen LogP contribution in [0.2, 0.25) is 0 Å². The molecule has 5 aromatic rings. The van der Waals surface area contributed by atoms with E-state index in [2.05, 4.69) is 145 Å². The van der Waals surface area contributed by atoms with Gasteiger partial charge in [0.25, 0.3) is 0 Å². The van der Waals surface area contributed by atoms with Gasteiger partial charge < -0.3 is 0 Å². The third kappa shape index (κ3) is 11.5. The first-order chi connectivity index (χ1) is 29.0. The number of hydrogen-bond acceptors (Lipinski definition) is 4. The Hall–Kier alpha value is -7.56. The Morgan fingerprint density at radius 2 is 1.46 bits per heavy atom. The van der Waals surface area contributed by atoms with Crippen molar-refractivity contribution in [1.82, 2.24) is 4.98 Å². The smallest absolute Gasteiger partial charge is 0.0716 e. The number of aromatic nitrogens is 1. The van der Waals surface area contributed by atoms with E-state index in [1.807, 2.05) is 92.2 Å². The van der Waals surface area contributed by atoms with Gasteiger partial charge >= 0.3 is 0 Å². The number of hydrogen-bond donors (Lipinski definition) is 0. The van der Waals surface area contributed by atoms with E-state index >= 15 is 0 Å². The third-order valence-electron chi connectivity index (χ3n) is 9.71. The molecule has 0 saturated heterocycles. The highest BCUT2D eigenvalue weighted by Crippen LogP contribution is 2.30. The Bertz CT molecular complexity index is 2590. The predicted molar refractivity (Wildman–Crippen MR) is 256 cm³/mol. The maximum Gasteiger partial charge on any atom is 0.0716 e. The molecule has 1 aromatic heterocycles. The Balaban J connectivity index is 1.48. The molecule has 4 nitrogen and oxygen atoms in total. The molecule has 1 aliphatic heterocycles. The Kier molecular flexibility index (Phi) is 14.7. The van der Waals surface area contributed by atoms with Crippen LogP contribution in [0.3, 0.4) is 0 Å². The van der Waals surface area contributed by atoms with E-state index < -0.39 is 0 Å². The number of aliphatic imine (C=N–C) groups is 3. The van der Waals surface area contributed by atoms with Gasteiger partial charge in [0.05, 0.1) is 23.7 Å². The topological polar surface area (TPSA) is 50.0 Å². The fourth-order valence-electron chi connectivity index (χ4n) is 6.47. The van der Waals surface area contributed by atoms with Crippen molar-refractivity contribution < 1.29 is 0 Å². The normalized spacial score (nSPS) is 16.7. The van der Waals surface area contributed by atoms with E-state index in [1.54, 1.807) is 18.3 Å². The van der Waals surface area contributed by atoms with Crippen LogP contribution < -0.4 is 0 Å². The Labute approximate surface area is 349 Å². The first kappa shape index (κ1) is 41.1. The van der Waals surface area contributed by atoms with E-state index in [0.717, 1.165) is 83.9 Å². The molecular weight excluding hydrogens is 717 g/mol. The lowest BCUT2D eigenvalue weighted by atomic mass is 9.93. The summed E-state index contributed by atoms with van der Waals surface area (Å²) in [6.07, 6.45) is 31.3. The van der Waals surface area contributed by atoms with Crippen LogP contribution in [0.4, 0.5) is 0 Å². The van der Waals surface area contributed by atoms with Crippen LogP contribution in [-0.2, 0) is 6.54 Å². The van der Waals surface area contributed by atoms with Gasteiger partial charge in [-0.3, -0.25) is 20.0 Å². The molecular formula is C55H48N4. The SMILES string of the molecule is C=C/C=C\C(=C/C)c1ccc(/C(=C/C(=NCc2ccccc2)c2cc(/C(C)=C/C=C3/C=C\C(=C/C=C)\C=C/C=N/3)cc(-c3ccc(-c4cccnc4)cc3)c2)N=C)cc1. The molecule has 0 radical (unpaired) electrons. The summed E-state index contributed by atoms with van der Waals surface area (Å²) < 4.78 is 0. The second-order valence-electron chi connectivity index (χ2n) is 13.7. The zero-order chi connectivity index (χ0) is 41.2. The number of benzene rings is 4. The number of rotatable bonds is 14. The van der Waals surface area contributed by atoms with E-state index in [9.17, 15) is 0 Å². The van der Waals surface area contributed by atoms with Gasteiger partial charge in [0.15, 0.2) is 0 Å². The Morgan fingerprint density at radius 1 is 0.712 bits per heavy atom. The summed E-state index contributed by atoms with van der Waals surface area (Å²) in [5.74, 6) is 0. The van der Waals surface area contributed by atoms with Crippen molar-refractivity contribution >= 4 is 35.5 Å². The first-order valence-electron chi connectivity index (χ1n) is 19.6. The van der Waals surface area contributed by atoms with Crippen LogP contribution in [0.15, 0.2) is 240 Å². The largest absolute Gasteiger partial charge is 0.280 e. The zero-order valence-electron chi connectivity index (χ0n) is 33.7. The summed E-state index contributed by atoms with van der Waals surface area (Å²) in [4.78, 5) is 18.8. The highest BCUT2D eigenvalue weighted by Gasteiger charge is 2.12. The van der Waals surface area contributed by atoms with Crippen LogP contribution in [0, 0.1) is 0 Å². The first-order valence-corrected chi connectivity index (χ1v) is 19.6. The molecule has 0 spiro atoms. The average Bonchev–Trinajstić information content (AvgIpc) is 3.28. The summed E-state index contributed by atoms with van der Waals surface area (Å²) in [6.45, 7) is 16.3. The highest BCUT2D eigenvalue weighted by atomic mass is 14.8. The average molecular weight is 765 g/mol. The monoisotopic (exact) mass is 764 g/mol. The fraction of sp³-hybridized carbons (Fsp3) is 0.0545. The van der Waals surface area contributed by atoms with Crippen molar-refractivity contribution in [1.29, 1.82) is 0 Å². The minimum atomic E-state index is 0.498. The number of nitrogens with zero attached hydrogens (tertiary/aromatic N) is 4. The maximum atomic E-state index is 5.26. The van der Waals surface area contributed by atoms with Gasteiger partial charge in [0, 0.05) is 29.7 Å². The molecule has 4 heteroatoms. The molecule has 0 aliphatic carbocycles. The van der Waals surface area contributed by atoms with Gasteiger partial charge in [-0.2, -0.15) is 0 Å². The van der Waals surface area contributed by atoms with Gasteiger partial charge in [0.1, 0.15) is 0 Å². The van der Waals surface area contributed by atoms with Gasteiger partial charge in [0.2, 0.25) is 0 Å². The van der Waals surface area contributed by atoms with Gasteiger partial charge in [-0.25, -0.2) is 0 Å². The second-order valence-corrected chi connectivity index (χ2v) is 13.7. The molecule has 6 rings (SSSR count). The van der Waals surface area contributed by atoms with Crippen molar-refractivity contribution in [3.63, 3.8) is 0 Å². The minimum Gasteiger partial charge on any atom is -0.280 e. The van der Waals surface area contributed by atoms with E-state index in [-0.39, 0.29) is 0 Å². The quantitative estimate of drug-likeness (QED) is 0.0820. The summed E-state index contributed by atoms with van der Waals surface area (Å²) >= 11 is 0. The molecule has 1 aliphatic rings.